The number of amides is 1. The molecule has 1 fully saturated rings. The molecule has 7 nitrogen and oxygen atoms in total. The Labute approximate surface area is 191 Å². The summed E-state index contributed by atoms with van der Waals surface area (Å²) in [5, 5.41) is 6.65. The second-order valence-electron chi connectivity index (χ2n) is 7.32. The monoisotopic (exact) mass is 515 g/mol. The Bertz CT molecular complexity index is 664. The number of fused-ring (bicyclic) bond motifs is 1. The summed E-state index contributed by atoms with van der Waals surface area (Å²) in [4.78, 5) is 21.1. The minimum Gasteiger partial charge on any atom is -0.379 e. The van der Waals surface area contributed by atoms with E-state index in [0.29, 0.717) is 6.42 Å². The van der Waals surface area contributed by atoms with Crippen LogP contribution in [-0.2, 0) is 22.5 Å². The zero-order valence-electron chi connectivity index (χ0n) is 17.4. The van der Waals surface area contributed by atoms with Crippen LogP contribution >= 0.6 is 24.0 Å². The quantitative estimate of drug-likeness (QED) is 0.249. The van der Waals surface area contributed by atoms with Crippen LogP contribution in [0.4, 0.5) is 0 Å². The van der Waals surface area contributed by atoms with Crippen molar-refractivity contribution >= 4 is 35.8 Å². The predicted molar refractivity (Wildman–Crippen MR) is 127 cm³/mol. The molecule has 0 radical (unpaired) electrons. The summed E-state index contributed by atoms with van der Waals surface area (Å²) in [5.74, 6) is 1.04. The predicted octanol–water partition coefficient (Wildman–Crippen LogP) is 1.47. The summed E-state index contributed by atoms with van der Waals surface area (Å²) in [7, 11) is 1.78. The number of nitrogens with one attached hydrogen (secondary N) is 2. The minimum atomic E-state index is 0. The molecule has 2 N–H and O–H groups in total. The lowest BCUT2D eigenvalue weighted by atomic mass is 9.99. The molecule has 29 heavy (non-hydrogen) atoms. The number of carbonyl (C=O) groups excluding carboxylic acids is 1. The number of benzene rings is 1. The number of aliphatic imine (C=N–C) groups is 1. The Morgan fingerprint density at radius 1 is 1.10 bits per heavy atom. The maximum absolute atomic E-state index is 12.5. The molecule has 0 bridgehead atoms. The Morgan fingerprint density at radius 2 is 1.83 bits per heavy atom. The van der Waals surface area contributed by atoms with Crippen LogP contribution in [0.1, 0.15) is 24.0 Å². The first-order valence-electron chi connectivity index (χ1n) is 10.4. The SMILES string of the molecule is CN=C(NCCCC(=O)N1CCc2ccccc2C1)NCCN1CCOCC1.I. The van der Waals surface area contributed by atoms with E-state index in [2.05, 4.69) is 44.8 Å². The fourth-order valence-corrected chi connectivity index (χ4v) is 3.69. The van der Waals surface area contributed by atoms with E-state index in [1.54, 1.807) is 7.05 Å². The van der Waals surface area contributed by atoms with E-state index in [9.17, 15) is 4.79 Å². The van der Waals surface area contributed by atoms with Crippen molar-refractivity contribution in [3.63, 3.8) is 0 Å². The number of hydrogen-bond acceptors (Lipinski definition) is 4. The third kappa shape index (κ3) is 7.75. The number of carbonyl (C=O) groups is 1. The Kier molecular flexibility index (Phi) is 10.7. The van der Waals surface area contributed by atoms with Crippen LogP contribution < -0.4 is 10.6 Å². The largest absolute Gasteiger partial charge is 0.379 e. The lowest BCUT2D eigenvalue weighted by molar-refractivity contribution is -0.132. The number of rotatable bonds is 7. The molecule has 8 heteroatoms. The van der Waals surface area contributed by atoms with Crippen molar-refractivity contribution in [1.29, 1.82) is 0 Å². The van der Waals surface area contributed by atoms with Crippen molar-refractivity contribution in [3.8, 4) is 0 Å². The summed E-state index contributed by atoms with van der Waals surface area (Å²) in [6.45, 7) is 7.79. The van der Waals surface area contributed by atoms with Crippen molar-refractivity contribution < 1.29 is 9.53 Å². The van der Waals surface area contributed by atoms with E-state index in [1.807, 2.05) is 4.90 Å². The highest BCUT2D eigenvalue weighted by molar-refractivity contribution is 14.0. The van der Waals surface area contributed by atoms with Crippen molar-refractivity contribution in [2.75, 3.05) is 59.5 Å². The van der Waals surface area contributed by atoms with Crippen molar-refractivity contribution in [2.24, 2.45) is 4.99 Å². The fraction of sp³-hybridized carbons (Fsp3) is 0.619. The van der Waals surface area contributed by atoms with E-state index in [4.69, 9.17) is 4.74 Å². The second-order valence-corrected chi connectivity index (χ2v) is 7.32. The zero-order chi connectivity index (χ0) is 19.6. The summed E-state index contributed by atoms with van der Waals surface area (Å²) in [6, 6.07) is 8.42. The zero-order valence-corrected chi connectivity index (χ0v) is 19.7. The average Bonchev–Trinajstić information content (AvgIpc) is 2.75. The molecule has 162 valence electrons. The molecule has 3 rings (SSSR count). The molecule has 1 amide bonds. The molecule has 1 aromatic rings. The number of halogens is 1. The van der Waals surface area contributed by atoms with Crippen molar-refractivity contribution in [3.05, 3.63) is 35.4 Å². The molecule has 0 saturated carbocycles. The molecule has 0 atom stereocenters. The van der Waals surface area contributed by atoms with Gasteiger partial charge in [0.25, 0.3) is 0 Å². The Balaban J connectivity index is 0.00000300. The molecule has 0 unspecified atom stereocenters. The van der Waals surface area contributed by atoms with E-state index in [-0.39, 0.29) is 29.9 Å². The number of nitrogens with zero attached hydrogens (tertiary/aromatic N) is 3. The van der Waals surface area contributed by atoms with Gasteiger partial charge in [0, 0.05) is 59.3 Å². The lowest BCUT2D eigenvalue weighted by Gasteiger charge is -2.29. The molecule has 2 aliphatic heterocycles. The van der Waals surface area contributed by atoms with Gasteiger partial charge < -0.3 is 20.3 Å². The molecule has 0 spiro atoms. The van der Waals surface area contributed by atoms with Crippen LogP contribution in [0, 0.1) is 0 Å². The van der Waals surface area contributed by atoms with Crippen LogP contribution in [0.2, 0.25) is 0 Å². The molecular formula is C21H34IN5O2. The first-order chi connectivity index (χ1) is 13.8. The molecule has 2 heterocycles. The average molecular weight is 515 g/mol. The van der Waals surface area contributed by atoms with Gasteiger partial charge in [-0.2, -0.15) is 0 Å². The van der Waals surface area contributed by atoms with Crippen molar-refractivity contribution in [1.82, 2.24) is 20.4 Å². The number of ether oxygens (including phenoxy) is 1. The summed E-state index contributed by atoms with van der Waals surface area (Å²) >= 11 is 0. The topological polar surface area (TPSA) is 69.2 Å². The summed E-state index contributed by atoms with van der Waals surface area (Å²) in [5.41, 5.74) is 2.66. The van der Waals surface area contributed by atoms with Gasteiger partial charge >= 0.3 is 0 Å². The normalized spacial score (nSPS) is 17.3. The van der Waals surface area contributed by atoms with Gasteiger partial charge in [0.2, 0.25) is 5.91 Å². The molecule has 0 aliphatic carbocycles. The van der Waals surface area contributed by atoms with E-state index in [0.717, 1.165) is 77.8 Å². The fourth-order valence-electron chi connectivity index (χ4n) is 3.69. The molecule has 0 aromatic heterocycles. The maximum atomic E-state index is 12.5. The van der Waals surface area contributed by atoms with Gasteiger partial charge in [0.05, 0.1) is 13.2 Å². The summed E-state index contributed by atoms with van der Waals surface area (Å²) in [6.07, 6.45) is 2.33. The van der Waals surface area contributed by atoms with Gasteiger partial charge in [-0.05, 0) is 24.0 Å². The molecule has 1 saturated heterocycles. The van der Waals surface area contributed by atoms with E-state index >= 15 is 0 Å². The smallest absolute Gasteiger partial charge is 0.222 e. The first-order valence-corrected chi connectivity index (χ1v) is 10.4. The Morgan fingerprint density at radius 3 is 2.59 bits per heavy atom. The summed E-state index contributed by atoms with van der Waals surface area (Å²) < 4.78 is 5.37. The van der Waals surface area contributed by atoms with Crippen LogP contribution in [0.25, 0.3) is 0 Å². The van der Waals surface area contributed by atoms with Crippen LogP contribution in [0.15, 0.2) is 29.3 Å². The van der Waals surface area contributed by atoms with E-state index in [1.165, 1.54) is 11.1 Å². The van der Waals surface area contributed by atoms with Gasteiger partial charge in [0.15, 0.2) is 5.96 Å². The molecular weight excluding hydrogens is 481 g/mol. The molecule has 1 aromatic carbocycles. The van der Waals surface area contributed by atoms with Crippen LogP contribution in [0.3, 0.4) is 0 Å². The van der Waals surface area contributed by atoms with Crippen LogP contribution in [0.5, 0.6) is 0 Å². The highest BCUT2D eigenvalue weighted by atomic mass is 127. The third-order valence-corrected chi connectivity index (χ3v) is 5.39. The second kappa shape index (κ2) is 13.0. The Hall–Kier alpha value is -1.39. The number of hydrogen-bond donors (Lipinski definition) is 2. The standard InChI is InChI=1S/C21H33N5O2.HI/c1-22-21(24-10-12-25-13-15-28-16-14-25)23-9-4-7-20(27)26-11-8-18-5-2-3-6-19(18)17-26;/h2-3,5-6H,4,7-17H2,1H3,(H2,22,23,24);1H. The van der Waals surface area contributed by atoms with Gasteiger partial charge in [-0.25, -0.2) is 0 Å². The van der Waals surface area contributed by atoms with Crippen molar-refractivity contribution in [2.45, 2.75) is 25.8 Å². The third-order valence-electron chi connectivity index (χ3n) is 5.39. The van der Waals surface area contributed by atoms with Crippen LogP contribution in [-0.4, -0.2) is 81.2 Å². The molecule has 2 aliphatic rings. The van der Waals surface area contributed by atoms with Gasteiger partial charge in [0.1, 0.15) is 0 Å². The lowest BCUT2D eigenvalue weighted by Crippen LogP contribution is -2.44. The minimum absolute atomic E-state index is 0. The highest BCUT2D eigenvalue weighted by Crippen LogP contribution is 2.19. The number of guanidine groups is 1. The van der Waals surface area contributed by atoms with Gasteiger partial charge in [-0.15, -0.1) is 24.0 Å². The van der Waals surface area contributed by atoms with E-state index < -0.39 is 0 Å². The highest BCUT2D eigenvalue weighted by Gasteiger charge is 2.19. The number of morpholine rings is 1. The maximum Gasteiger partial charge on any atom is 0.222 e. The first kappa shape index (κ1) is 23.9. The van der Waals surface area contributed by atoms with Gasteiger partial charge in [-0.3, -0.25) is 14.7 Å². The van der Waals surface area contributed by atoms with Gasteiger partial charge in [-0.1, -0.05) is 24.3 Å².